The van der Waals surface area contributed by atoms with Crippen molar-refractivity contribution in [3.8, 4) is 22.9 Å². The van der Waals surface area contributed by atoms with Crippen LogP contribution in [0.1, 0.15) is 42.3 Å². The number of benzene rings is 3. The number of hydrogen-bond acceptors (Lipinski definition) is 6. The van der Waals surface area contributed by atoms with Crippen molar-refractivity contribution in [1.29, 1.82) is 0 Å². The fourth-order valence-corrected chi connectivity index (χ4v) is 4.72. The van der Waals surface area contributed by atoms with Gasteiger partial charge in [0.2, 0.25) is 0 Å². The third-order valence-corrected chi connectivity index (χ3v) is 6.68. The Kier molecular flexibility index (Phi) is 7.63. The maximum Gasteiger partial charge on any atom is 0.411 e. The number of carbonyl (C=O) groups is 2. The summed E-state index contributed by atoms with van der Waals surface area (Å²) < 4.78 is 17.2. The zero-order valence-electron chi connectivity index (χ0n) is 22.2. The second kappa shape index (κ2) is 11.4. The number of esters is 1. The lowest BCUT2D eigenvalue weighted by Crippen LogP contribution is -2.31. The van der Waals surface area contributed by atoms with Crippen molar-refractivity contribution in [2.24, 2.45) is 0 Å². The van der Waals surface area contributed by atoms with Crippen LogP contribution in [0.2, 0.25) is 0 Å². The van der Waals surface area contributed by atoms with Gasteiger partial charge in [-0.2, -0.15) is 0 Å². The highest BCUT2D eigenvalue weighted by molar-refractivity contribution is 5.73. The number of aromatic amines is 1. The lowest BCUT2D eigenvalue weighted by atomic mass is 10.0. The summed E-state index contributed by atoms with van der Waals surface area (Å²) in [6.07, 6.45) is 1.20. The molecule has 0 saturated carbocycles. The highest BCUT2D eigenvalue weighted by Gasteiger charge is 2.40. The van der Waals surface area contributed by atoms with E-state index >= 15 is 0 Å². The molecular weight excluding hydrogens is 494 g/mol. The van der Waals surface area contributed by atoms with Gasteiger partial charge in [0.25, 0.3) is 0 Å². The van der Waals surface area contributed by atoms with E-state index in [0.29, 0.717) is 18.1 Å². The summed E-state index contributed by atoms with van der Waals surface area (Å²) in [5.74, 6) is 1.62. The first-order valence-electron chi connectivity index (χ1n) is 13.0. The number of carbonyl (C=O) groups excluding carboxylic acids is 2. The molecule has 2 atom stereocenters. The number of ether oxygens (including phenoxy) is 3. The number of aryl methyl sites for hydroxylation is 1. The van der Waals surface area contributed by atoms with Crippen molar-refractivity contribution in [3.63, 3.8) is 0 Å². The molecule has 2 heterocycles. The summed E-state index contributed by atoms with van der Waals surface area (Å²) in [7, 11) is 0. The molecule has 1 aromatic heterocycles. The van der Waals surface area contributed by atoms with Gasteiger partial charge in [-0.1, -0.05) is 42.5 Å². The molecule has 1 amide bonds. The van der Waals surface area contributed by atoms with Crippen molar-refractivity contribution < 1.29 is 23.8 Å². The van der Waals surface area contributed by atoms with Crippen molar-refractivity contribution in [2.45, 2.75) is 45.9 Å². The molecule has 1 aliphatic rings. The second-order valence-electron chi connectivity index (χ2n) is 9.55. The molecule has 0 radical (unpaired) electrons. The van der Waals surface area contributed by atoms with Gasteiger partial charge in [-0.05, 0) is 62.2 Å². The molecule has 0 spiro atoms. The summed E-state index contributed by atoms with van der Waals surface area (Å²) in [6, 6.07) is 22.7. The third-order valence-electron chi connectivity index (χ3n) is 6.68. The molecule has 1 saturated heterocycles. The molecule has 4 aromatic rings. The van der Waals surface area contributed by atoms with Crippen LogP contribution < -0.4 is 4.74 Å². The summed E-state index contributed by atoms with van der Waals surface area (Å²) in [5, 5.41) is 0. The first-order chi connectivity index (χ1) is 18.9. The summed E-state index contributed by atoms with van der Waals surface area (Å²) in [6.45, 7) is 6.34. The van der Waals surface area contributed by atoms with E-state index in [1.807, 2.05) is 86.6 Å². The minimum Gasteiger partial charge on any atom is -0.466 e. The van der Waals surface area contributed by atoms with Crippen LogP contribution in [-0.2, 0) is 27.2 Å². The minimum absolute atomic E-state index is 0.159. The molecule has 8 heteroatoms. The number of rotatable bonds is 9. The number of aromatic nitrogens is 2. The molecule has 1 N–H and O–H groups in total. The van der Waals surface area contributed by atoms with Gasteiger partial charge in [0.1, 0.15) is 23.4 Å². The topological polar surface area (TPSA) is 93.8 Å². The Hall–Kier alpha value is -4.59. The smallest absolute Gasteiger partial charge is 0.411 e. The standard InChI is InChI=1S/C31H31N3O5/c1-4-37-28(35)16-22-9-8-12-26(15-22)38-27-14-13-24(30-32-18-20(2)33-30)17-25(27)19-34-21(3)29(39-31(34)36)23-10-6-5-7-11-23/h5-15,17-18,21,29H,4,16,19H2,1-3H3,(H,32,33)/t21-,29-/m0/s1. The molecule has 0 bridgehead atoms. The fraction of sp³-hybridized carbons (Fsp3) is 0.258. The van der Waals surface area contributed by atoms with E-state index in [-0.39, 0.29) is 37.2 Å². The number of nitrogens with zero attached hydrogens (tertiary/aromatic N) is 2. The molecule has 1 aliphatic heterocycles. The lowest BCUT2D eigenvalue weighted by molar-refractivity contribution is -0.142. The number of hydrogen-bond donors (Lipinski definition) is 1. The first kappa shape index (κ1) is 26.0. The Bertz CT molecular complexity index is 1470. The number of H-pyrrole nitrogens is 1. The van der Waals surface area contributed by atoms with Gasteiger partial charge in [0.05, 0.1) is 25.6 Å². The van der Waals surface area contributed by atoms with Crippen molar-refractivity contribution in [3.05, 3.63) is 101 Å². The van der Waals surface area contributed by atoms with Crippen LogP contribution in [0.25, 0.3) is 11.4 Å². The second-order valence-corrected chi connectivity index (χ2v) is 9.55. The minimum atomic E-state index is -0.377. The molecule has 5 rings (SSSR count). The summed E-state index contributed by atoms with van der Waals surface area (Å²) in [5.41, 5.74) is 4.37. The maximum absolute atomic E-state index is 13.0. The highest BCUT2D eigenvalue weighted by Crippen LogP contribution is 2.36. The molecule has 39 heavy (non-hydrogen) atoms. The van der Waals surface area contributed by atoms with Gasteiger partial charge < -0.3 is 19.2 Å². The Balaban J connectivity index is 1.44. The van der Waals surface area contributed by atoms with E-state index in [4.69, 9.17) is 14.2 Å². The molecular formula is C31H31N3O5. The van der Waals surface area contributed by atoms with Gasteiger partial charge in [0, 0.05) is 23.0 Å². The zero-order valence-corrected chi connectivity index (χ0v) is 22.2. The van der Waals surface area contributed by atoms with Crippen molar-refractivity contribution >= 4 is 12.1 Å². The Morgan fingerprint density at radius 2 is 1.90 bits per heavy atom. The van der Waals surface area contributed by atoms with Crippen LogP contribution in [0.15, 0.2) is 79.0 Å². The average molecular weight is 526 g/mol. The van der Waals surface area contributed by atoms with Crippen LogP contribution in [0, 0.1) is 6.92 Å². The number of nitrogens with one attached hydrogen (secondary N) is 1. The van der Waals surface area contributed by atoms with Crippen molar-refractivity contribution in [1.82, 2.24) is 14.9 Å². The first-order valence-corrected chi connectivity index (χ1v) is 13.0. The van der Waals surface area contributed by atoms with E-state index in [9.17, 15) is 9.59 Å². The average Bonchev–Trinajstić information content (AvgIpc) is 3.48. The van der Waals surface area contributed by atoms with Crippen LogP contribution in [0.4, 0.5) is 4.79 Å². The molecule has 8 nitrogen and oxygen atoms in total. The number of imidazole rings is 1. The zero-order chi connectivity index (χ0) is 27.4. The highest BCUT2D eigenvalue weighted by atomic mass is 16.6. The van der Waals surface area contributed by atoms with Gasteiger partial charge in [-0.15, -0.1) is 0 Å². The molecule has 3 aromatic carbocycles. The predicted molar refractivity (Wildman–Crippen MR) is 146 cm³/mol. The van der Waals surface area contributed by atoms with Crippen LogP contribution in [0.3, 0.4) is 0 Å². The van der Waals surface area contributed by atoms with Gasteiger partial charge in [-0.3, -0.25) is 9.69 Å². The van der Waals surface area contributed by atoms with Gasteiger partial charge >= 0.3 is 12.1 Å². The van der Waals surface area contributed by atoms with Crippen LogP contribution >= 0.6 is 0 Å². The Labute approximate surface area is 227 Å². The SMILES string of the molecule is CCOC(=O)Cc1cccc(Oc2ccc(-c3ncc(C)[nH]3)cc2CN2C(=O)O[C@H](c3ccccc3)[C@@H]2C)c1. The maximum atomic E-state index is 13.0. The number of amides is 1. The summed E-state index contributed by atoms with van der Waals surface area (Å²) in [4.78, 5) is 34.4. The van der Waals surface area contributed by atoms with Crippen LogP contribution in [-0.4, -0.2) is 39.6 Å². The molecule has 0 aliphatic carbocycles. The quantitative estimate of drug-likeness (QED) is 0.255. The van der Waals surface area contributed by atoms with E-state index in [1.165, 1.54) is 0 Å². The van der Waals surface area contributed by atoms with E-state index < -0.39 is 0 Å². The van der Waals surface area contributed by atoms with Gasteiger partial charge in [0.15, 0.2) is 0 Å². The van der Waals surface area contributed by atoms with Crippen molar-refractivity contribution in [2.75, 3.05) is 6.61 Å². The molecule has 0 unspecified atom stereocenters. The summed E-state index contributed by atoms with van der Waals surface area (Å²) >= 11 is 0. The number of cyclic esters (lactones) is 1. The molecule has 200 valence electrons. The fourth-order valence-electron chi connectivity index (χ4n) is 4.72. The normalized spacial score (nSPS) is 16.7. The largest absolute Gasteiger partial charge is 0.466 e. The van der Waals surface area contributed by atoms with Gasteiger partial charge in [-0.25, -0.2) is 9.78 Å². The molecule has 1 fully saturated rings. The van der Waals surface area contributed by atoms with Crippen LogP contribution in [0.5, 0.6) is 11.5 Å². The van der Waals surface area contributed by atoms with E-state index in [0.717, 1.165) is 33.8 Å². The van der Waals surface area contributed by atoms with E-state index in [1.54, 1.807) is 18.0 Å². The third kappa shape index (κ3) is 5.95. The van der Waals surface area contributed by atoms with E-state index in [2.05, 4.69) is 9.97 Å². The monoisotopic (exact) mass is 525 g/mol. The predicted octanol–water partition coefficient (Wildman–Crippen LogP) is 6.37. The Morgan fingerprint density at radius 3 is 2.64 bits per heavy atom. The lowest BCUT2D eigenvalue weighted by Gasteiger charge is -2.22. The Morgan fingerprint density at radius 1 is 1.08 bits per heavy atom.